The van der Waals surface area contributed by atoms with Crippen molar-refractivity contribution in [3.8, 4) is 5.69 Å². The molecule has 1 saturated heterocycles. The predicted octanol–water partition coefficient (Wildman–Crippen LogP) is 6.62. The third-order valence-corrected chi connectivity index (χ3v) is 6.83. The van der Waals surface area contributed by atoms with Crippen LogP contribution in [0.4, 0.5) is 9.18 Å². The van der Waals surface area contributed by atoms with Crippen molar-refractivity contribution in [2.75, 3.05) is 0 Å². The Labute approximate surface area is 195 Å². The van der Waals surface area contributed by atoms with Crippen LogP contribution in [0, 0.1) is 19.7 Å². The number of aromatic nitrogens is 1. The van der Waals surface area contributed by atoms with Gasteiger partial charge in [-0.3, -0.25) is 14.5 Å². The summed E-state index contributed by atoms with van der Waals surface area (Å²) in [6.45, 7) is 4.14. The van der Waals surface area contributed by atoms with Crippen molar-refractivity contribution in [2.45, 2.75) is 20.4 Å². The normalized spacial score (nSPS) is 15.2. The minimum Gasteiger partial charge on any atom is -0.318 e. The van der Waals surface area contributed by atoms with E-state index in [-0.39, 0.29) is 23.5 Å². The lowest BCUT2D eigenvalue weighted by Gasteiger charge is -2.14. The van der Waals surface area contributed by atoms with Gasteiger partial charge >= 0.3 is 0 Å². The van der Waals surface area contributed by atoms with E-state index >= 15 is 0 Å². The molecule has 2 amide bonds. The van der Waals surface area contributed by atoms with E-state index < -0.39 is 0 Å². The fourth-order valence-electron chi connectivity index (χ4n) is 4.30. The van der Waals surface area contributed by atoms with Crippen LogP contribution >= 0.6 is 11.8 Å². The molecule has 4 nitrogen and oxygen atoms in total. The Morgan fingerprint density at radius 2 is 1.67 bits per heavy atom. The number of amides is 2. The van der Waals surface area contributed by atoms with Crippen LogP contribution in [0.3, 0.4) is 0 Å². The van der Waals surface area contributed by atoms with Crippen molar-refractivity contribution in [3.63, 3.8) is 0 Å². The summed E-state index contributed by atoms with van der Waals surface area (Å²) in [5.41, 5.74) is 4.51. The summed E-state index contributed by atoms with van der Waals surface area (Å²) in [7, 11) is 0. The first kappa shape index (κ1) is 21.2. The third-order valence-electron chi connectivity index (χ3n) is 5.92. The Morgan fingerprint density at radius 3 is 2.45 bits per heavy atom. The summed E-state index contributed by atoms with van der Waals surface area (Å²) < 4.78 is 15.3. The molecule has 1 aromatic heterocycles. The smallest absolute Gasteiger partial charge is 0.293 e. The van der Waals surface area contributed by atoms with Crippen LogP contribution in [0.2, 0.25) is 0 Å². The molecular formula is C27H21FN2O2S. The zero-order valence-corrected chi connectivity index (χ0v) is 19.0. The number of hydrogen-bond acceptors (Lipinski definition) is 3. The average molecular weight is 457 g/mol. The average Bonchev–Trinajstić information content (AvgIpc) is 3.24. The highest BCUT2D eigenvalue weighted by Gasteiger charge is 2.35. The zero-order chi connectivity index (χ0) is 23.1. The summed E-state index contributed by atoms with van der Waals surface area (Å²) in [5, 5.41) is 1.84. The lowest BCUT2D eigenvalue weighted by molar-refractivity contribution is -0.123. The van der Waals surface area contributed by atoms with E-state index in [0.29, 0.717) is 4.91 Å². The quantitative estimate of drug-likeness (QED) is 0.324. The minimum absolute atomic E-state index is 0.234. The maximum absolute atomic E-state index is 13.3. The predicted molar refractivity (Wildman–Crippen MR) is 131 cm³/mol. The number of nitrogens with zero attached hydrogens (tertiary/aromatic N) is 2. The van der Waals surface area contributed by atoms with E-state index in [4.69, 9.17) is 0 Å². The Morgan fingerprint density at radius 1 is 0.939 bits per heavy atom. The van der Waals surface area contributed by atoms with Crippen LogP contribution < -0.4 is 0 Å². The topological polar surface area (TPSA) is 42.3 Å². The molecular weight excluding hydrogens is 435 g/mol. The second-order valence-corrected chi connectivity index (χ2v) is 9.04. The number of hydrogen-bond donors (Lipinski definition) is 0. The van der Waals surface area contributed by atoms with Crippen molar-refractivity contribution >= 4 is 39.8 Å². The molecule has 0 bridgehead atoms. The number of benzene rings is 3. The molecule has 5 rings (SSSR count). The van der Waals surface area contributed by atoms with E-state index in [0.717, 1.165) is 50.7 Å². The highest BCUT2D eigenvalue weighted by Crippen LogP contribution is 2.35. The molecule has 0 atom stereocenters. The molecule has 3 aromatic carbocycles. The summed E-state index contributed by atoms with van der Waals surface area (Å²) in [5.74, 6) is -0.578. The van der Waals surface area contributed by atoms with Crippen molar-refractivity contribution in [1.29, 1.82) is 0 Å². The summed E-state index contributed by atoms with van der Waals surface area (Å²) in [6.07, 6.45) is 1.77. The van der Waals surface area contributed by atoms with Crippen LogP contribution in [0.1, 0.15) is 22.5 Å². The molecule has 0 saturated carbocycles. The van der Waals surface area contributed by atoms with Gasteiger partial charge in [0.05, 0.1) is 11.4 Å². The van der Waals surface area contributed by atoms with Crippen LogP contribution in [-0.2, 0) is 11.3 Å². The van der Waals surface area contributed by atoms with E-state index in [2.05, 4.69) is 0 Å². The highest BCUT2D eigenvalue weighted by molar-refractivity contribution is 8.18. The first-order valence-corrected chi connectivity index (χ1v) is 11.4. The minimum atomic E-state index is -0.290. The van der Waals surface area contributed by atoms with Crippen LogP contribution in [0.25, 0.3) is 22.5 Å². The van der Waals surface area contributed by atoms with Crippen molar-refractivity contribution in [3.05, 3.63) is 106 Å². The molecule has 0 unspecified atom stereocenters. The lowest BCUT2D eigenvalue weighted by atomic mass is 10.0. The summed E-state index contributed by atoms with van der Waals surface area (Å²) in [6, 6.07) is 22.1. The summed E-state index contributed by atoms with van der Waals surface area (Å²) in [4.78, 5) is 27.6. The van der Waals surface area contributed by atoms with E-state index in [1.807, 2.05) is 66.9 Å². The number of carbonyl (C=O) groups excluding carboxylic acids is 2. The molecule has 0 radical (unpaired) electrons. The van der Waals surface area contributed by atoms with Gasteiger partial charge in [0, 0.05) is 17.1 Å². The highest BCUT2D eigenvalue weighted by atomic mass is 32.2. The monoisotopic (exact) mass is 456 g/mol. The SMILES string of the molecule is Cc1cc(/C=C2/SC(=O)N(Cc3cccc4ccccc34)C2=O)c(C)n1-c1ccc(F)cc1. The Hall–Kier alpha value is -3.64. The van der Waals surface area contributed by atoms with E-state index in [1.54, 1.807) is 18.2 Å². The van der Waals surface area contributed by atoms with Crippen molar-refractivity contribution in [1.82, 2.24) is 9.47 Å². The van der Waals surface area contributed by atoms with Crippen LogP contribution in [0.5, 0.6) is 0 Å². The van der Waals surface area contributed by atoms with Crippen molar-refractivity contribution in [2.24, 2.45) is 0 Å². The van der Waals surface area contributed by atoms with Gasteiger partial charge in [-0.2, -0.15) is 0 Å². The number of aryl methyl sites for hydroxylation is 1. The zero-order valence-electron chi connectivity index (χ0n) is 18.2. The molecule has 6 heteroatoms. The number of fused-ring (bicyclic) bond motifs is 1. The van der Waals surface area contributed by atoms with Crippen LogP contribution in [0.15, 0.2) is 77.7 Å². The second kappa shape index (κ2) is 8.37. The first-order chi connectivity index (χ1) is 15.9. The summed E-state index contributed by atoms with van der Waals surface area (Å²) >= 11 is 0.963. The van der Waals surface area contributed by atoms with Gasteiger partial charge in [0.1, 0.15) is 5.82 Å². The van der Waals surface area contributed by atoms with Gasteiger partial charge in [-0.1, -0.05) is 42.5 Å². The Bertz CT molecular complexity index is 1430. The maximum atomic E-state index is 13.3. The fraction of sp³-hybridized carbons (Fsp3) is 0.111. The molecule has 164 valence electrons. The number of imide groups is 1. The van der Waals surface area contributed by atoms with E-state index in [9.17, 15) is 14.0 Å². The van der Waals surface area contributed by atoms with Crippen LogP contribution in [-0.4, -0.2) is 20.6 Å². The van der Waals surface area contributed by atoms with Gasteiger partial charge in [-0.25, -0.2) is 4.39 Å². The Balaban J connectivity index is 1.45. The molecule has 1 fully saturated rings. The molecule has 4 aromatic rings. The molecule has 2 heterocycles. The standard InChI is InChI=1S/C27H21FN2O2S/c1-17-14-21(18(2)30(17)23-12-10-22(28)11-13-23)15-25-26(31)29(27(32)33-25)16-20-8-5-7-19-6-3-4-9-24(19)20/h3-15H,16H2,1-2H3/b25-15+. The van der Waals surface area contributed by atoms with E-state index in [1.165, 1.54) is 17.0 Å². The molecule has 0 aliphatic carbocycles. The lowest BCUT2D eigenvalue weighted by Crippen LogP contribution is -2.27. The van der Waals surface area contributed by atoms with Gasteiger partial charge < -0.3 is 4.57 Å². The second-order valence-electron chi connectivity index (χ2n) is 8.04. The number of carbonyl (C=O) groups is 2. The van der Waals surface area contributed by atoms with Crippen molar-refractivity contribution < 1.29 is 14.0 Å². The van der Waals surface area contributed by atoms with Gasteiger partial charge in [0.2, 0.25) is 0 Å². The van der Waals surface area contributed by atoms with Gasteiger partial charge in [0.15, 0.2) is 0 Å². The maximum Gasteiger partial charge on any atom is 0.293 e. The Kier molecular flexibility index (Phi) is 5.38. The number of halogens is 1. The van der Waals surface area contributed by atoms with Gasteiger partial charge in [-0.05, 0) is 83.9 Å². The number of rotatable bonds is 4. The first-order valence-electron chi connectivity index (χ1n) is 10.6. The van der Waals surface area contributed by atoms with Gasteiger partial charge in [-0.15, -0.1) is 0 Å². The molecule has 0 spiro atoms. The number of thioether (sulfide) groups is 1. The molecule has 33 heavy (non-hydrogen) atoms. The van der Waals surface area contributed by atoms with Gasteiger partial charge in [0.25, 0.3) is 11.1 Å². The largest absolute Gasteiger partial charge is 0.318 e. The molecule has 1 aliphatic heterocycles. The molecule has 1 aliphatic rings. The third kappa shape index (κ3) is 3.87. The fourth-order valence-corrected chi connectivity index (χ4v) is 5.13. The molecule has 0 N–H and O–H groups in total.